The zero-order valence-electron chi connectivity index (χ0n) is 14.5. The van der Waals surface area contributed by atoms with Gasteiger partial charge in [0.1, 0.15) is 0 Å². The zero-order valence-corrected chi connectivity index (χ0v) is 16.8. The molecule has 23 heavy (non-hydrogen) atoms. The van der Waals surface area contributed by atoms with Gasteiger partial charge in [0.05, 0.1) is 12.2 Å². The number of aliphatic imine (C=N–C) groups is 1. The van der Waals surface area contributed by atoms with Gasteiger partial charge in [0.15, 0.2) is 5.96 Å². The lowest BCUT2D eigenvalue weighted by molar-refractivity contribution is 0.231. The number of hydrogen-bond donors (Lipinski definition) is 2. The molecule has 1 heterocycles. The molecule has 1 unspecified atom stereocenters. The fraction of sp³-hybridized carbons (Fsp3) is 0.529. The molecule has 1 aromatic rings. The summed E-state index contributed by atoms with van der Waals surface area (Å²) in [6.45, 7) is 14.5. The van der Waals surface area contributed by atoms with E-state index < -0.39 is 0 Å². The van der Waals surface area contributed by atoms with Crippen LogP contribution in [0.25, 0.3) is 0 Å². The molecule has 130 valence electrons. The second-order valence-corrected chi connectivity index (χ2v) is 5.11. The van der Waals surface area contributed by atoms with E-state index in [-0.39, 0.29) is 24.0 Å². The number of likely N-dealkylation sites (N-methyl/N-ethyl adjacent to an activating group) is 1. The molecule has 0 aromatic carbocycles. The number of guanidine groups is 1. The molecule has 1 atom stereocenters. The summed E-state index contributed by atoms with van der Waals surface area (Å²) in [5, 5.41) is 6.64. The predicted octanol–water partition coefficient (Wildman–Crippen LogP) is 2.65. The van der Waals surface area contributed by atoms with Gasteiger partial charge in [-0.1, -0.05) is 26.0 Å². The zero-order chi connectivity index (χ0) is 16.2. The average Bonchev–Trinajstić information content (AvgIpc) is 2.56. The van der Waals surface area contributed by atoms with Gasteiger partial charge in [0, 0.05) is 25.3 Å². The Balaban J connectivity index is 0.00000484. The third kappa shape index (κ3) is 8.90. The van der Waals surface area contributed by atoms with Gasteiger partial charge in [-0.2, -0.15) is 0 Å². The summed E-state index contributed by atoms with van der Waals surface area (Å²) < 4.78 is 0. The van der Waals surface area contributed by atoms with Crippen LogP contribution in [0.3, 0.4) is 0 Å². The van der Waals surface area contributed by atoms with Crippen molar-refractivity contribution in [3.05, 3.63) is 42.7 Å². The minimum Gasteiger partial charge on any atom is -0.355 e. The van der Waals surface area contributed by atoms with Crippen molar-refractivity contribution >= 4 is 29.9 Å². The highest BCUT2D eigenvalue weighted by Crippen LogP contribution is 1.98. The number of hydrogen-bond acceptors (Lipinski definition) is 3. The standard InChI is InChI=1S/C17H29N5.HI/c1-5-11-19-17(20-13-15(4)22(6-2)7-3)21-14-16-10-8-9-12-18-16;/h5,8-10,12,15H,1,6-7,11,13-14H2,2-4H3,(H2,19,20,21);1H. The summed E-state index contributed by atoms with van der Waals surface area (Å²) in [5.41, 5.74) is 0.957. The first-order valence-electron chi connectivity index (χ1n) is 7.98. The van der Waals surface area contributed by atoms with Crippen LogP contribution in [0.4, 0.5) is 0 Å². The smallest absolute Gasteiger partial charge is 0.191 e. The average molecular weight is 431 g/mol. The Bertz CT molecular complexity index is 446. The van der Waals surface area contributed by atoms with Crippen molar-refractivity contribution in [2.24, 2.45) is 4.99 Å². The minimum absolute atomic E-state index is 0. The van der Waals surface area contributed by atoms with E-state index in [0.717, 1.165) is 31.3 Å². The lowest BCUT2D eigenvalue weighted by Gasteiger charge is -2.27. The van der Waals surface area contributed by atoms with Crippen molar-refractivity contribution < 1.29 is 0 Å². The maximum atomic E-state index is 4.58. The summed E-state index contributed by atoms with van der Waals surface area (Å²) in [4.78, 5) is 11.3. The molecule has 1 aromatic heterocycles. The number of pyridine rings is 1. The molecule has 0 aliphatic carbocycles. The number of aromatic nitrogens is 1. The third-order valence-electron chi connectivity index (χ3n) is 3.54. The maximum Gasteiger partial charge on any atom is 0.191 e. The Morgan fingerprint density at radius 1 is 1.35 bits per heavy atom. The van der Waals surface area contributed by atoms with Gasteiger partial charge in [-0.15, -0.1) is 30.6 Å². The molecule has 0 amide bonds. The van der Waals surface area contributed by atoms with Gasteiger partial charge in [-0.3, -0.25) is 9.88 Å². The van der Waals surface area contributed by atoms with Crippen LogP contribution in [0.5, 0.6) is 0 Å². The lowest BCUT2D eigenvalue weighted by Crippen LogP contribution is -2.46. The van der Waals surface area contributed by atoms with Crippen LogP contribution < -0.4 is 10.6 Å². The van der Waals surface area contributed by atoms with E-state index in [1.165, 1.54) is 0 Å². The van der Waals surface area contributed by atoms with Crippen molar-refractivity contribution in [3.63, 3.8) is 0 Å². The van der Waals surface area contributed by atoms with Gasteiger partial charge in [-0.25, -0.2) is 4.99 Å². The number of halogens is 1. The van der Waals surface area contributed by atoms with Crippen molar-refractivity contribution in [1.82, 2.24) is 20.5 Å². The van der Waals surface area contributed by atoms with E-state index in [0.29, 0.717) is 19.1 Å². The molecule has 0 aliphatic heterocycles. The highest BCUT2D eigenvalue weighted by molar-refractivity contribution is 14.0. The van der Waals surface area contributed by atoms with Crippen molar-refractivity contribution in [2.75, 3.05) is 26.2 Å². The van der Waals surface area contributed by atoms with Gasteiger partial charge in [0.25, 0.3) is 0 Å². The van der Waals surface area contributed by atoms with Crippen LogP contribution in [0.15, 0.2) is 42.0 Å². The predicted molar refractivity (Wildman–Crippen MR) is 109 cm³/mol. The van der Waals surface area contributed by atoms with E-state index in [4.69, 9.17) is 0 Å². The van der Waals surface area contributed by atoms with Crippen molar-refractivity contribution in [2.45, 2.75) is 33.4 Å². The molecular weight excluding hydrogens is 401 g/mol. The number of nitrogens with zero attached hydrogens (tertiary/aromatic N) is 3. The molecule has 0 spiro atoms. The Kier molecular flexibility index (Phi) is 12.6. The van der Waals surface area contributed by atoms with Crippen LogP contribution in [0.1, 0.15) is 26.5 Å². The summed E-state index contributed by atoms with van der Waals surface area (Å²) in [6.07, 6.45) is 3.61. The molecule has 0 aliphatic rings. The van der Waals surface area contributed by atoms with Gasteiger partial charge >= 0.3 is 0 Å². The second-order valence-electron chi connectivity index (χ2n) is 5.11. The van der Waals surface area contributed by atoms with Crippen LogP contribution in [-0.2, 0) is 6.54 Å². The molecule has 1 rings (SSSR count). The monoisotopic (exact) mass is 431 g/mol. The maximum absolute atomic E-state index is 4.58. The fourth-order valence-corrected chi connectivity index (χ4v) is 2.22. The topological polar surface area (TPSA) is 52.6 Å². The van der Waals surface area contributed by atoms with Crippen LogP contribution in [0, 0.1) is 0 Å². The van der Waals surface area contributed by atoms with Crippen molar-refractivity contribution in [3.8, 4) is 0 Å². The Morgan fingerprint density at radius 2 is 2.09 bits per heavy atom. The highest BCUT2D eigenvalue weighted by atomic mass is 127. The quantitative estimate of drug-likeness (QED) is 0.273. The molecule has 6 heteroatoms. The van der Waals surface area contributed by atoms with E-state index in [1.807, 2.05) is 24.3 Å². The normalized spacial score (nSPS) is 12.4. The van der Waals surface area contributed by atoms with Crippen molar-refractivity contribution in [1.29, 1.82) is 0 Å². The molecule has 2 N–H and O–H groups in total. The summed E-state index contributed by atoms with van der Waals surface area (Å²) >= 11 is 0. The number of nitrogens with one attached hydrogen (secondary N) is 2. The molecule has 0 bridgehead atoms. The fourth-order valence-electron chi connectivity index (χ4n) is 2.22. The molecule has 0 saturated carbocycles. The van der Waals surface area contributed by atoms with Gasteiger partial charge < -0.3 is 10.6 Å². The Hall–Kier alpha value is -1.15. The van der Waals surface area contributed by atoms with Crippen LogP contribution in [-0.4, -0.2) is 48.1 Å². The summed E-state index contributed by atoms with van der Waals surface area (Å²) in [7, 11) is 0. The van der Waals surface area contributed by atoms with E-state index in [9.17, 15) is 0 Å². The highest BCUT2D eigenvalue weighted by Gasteiger charge is 2.10. The van der Waals surface area contributed by atoms with E-state index >= 15 is 0 Å². The van der Waals surface area contributed by atoms with Crippen LogP contribution in [0.2, 0.25) is 0 Å². The van der Waals surface area contributed by atoms with E-state index in [1.54, 1.807) is 6.20 Å². The first kappa shape index (κ1) is 21.9. The number of rotatable bonds is 9. The SMILES string of the molecule is C=CCNC(=NCc1ccccn1)NCC(C)N(CC)CC.I. The first-order chi connectivity index (χ1) is 10.7. The molecule has 0 saturated heterocycles. The summed E-state index contributed by atoms with van der Waals surface area (Å²) in [6, 6.07) is 6.33. The second kappa shape index (κ2) is 13.3. The largest absolute Gasteiger partial charge is 0.355 e. The molecule has 0 fully saturated rings. The molecule has 0 radical (unpaired) electrons. The Labute approximate surface area is 157 Å². The third-order valence-corrected chi connectivity index (χ3v) is 3.54. The summed E-state index contributed by atoms with van der Waals surface area (Å²) in [5.74, 6) is 0.796. The first-order valence-corrected chi connectivity index (χ1v) is 7.98. The lowest BCUT2D eigenvalue weighted by atomic mass is 10.3. The van der Waals surface area contributed by atoms with Crippen LogP contribution >= 0.6 is 24.0 Å². The van der Waals surface area contributed by atoms with Gasteiger partial charge in [0.2, 0.25) is 0 Å². The van der Waals surface area contributed by atoms with Gasteiger partial charge in [-0.05, 0) is 32.1 Å². The Morgan fingerprint density at radius 3 is 2.65 bits per heavy atom. The molecule has 5 nitrogen and oxygen atoms in total. The molecular formula is C17H30IN5. The van der Waals surface area contributed by atoms with E-state index in [2.05, 4.69) is 52.9 Å². The minimum atomic E-state index is 0.